The first-order valence-corrected chi connectivity index (χ1v) is 7.62. The molecule has 1 rings (SSSR count). The van der Waals surface area contributed by atoms with E-state index in [0.717, 1.165) is 11.1 Å². The normalized spacial score (nSPS) is 12.1. The number of benzene rings is 1. The Morgan fingerprint density at radius 3 is 2.47 bits per heavy atom. The first-order valence-electron chi connectivity index (χ1n) is 5.60. The molecule has 0 saturated carbocycles. The Balaban J connectivity index is 3.27. The summed E-state index contributed by atoms with van der Waals surface area (Å²) in [6, 6.07) is 5.22. The summed E-state index contributed by atoms with van der Waals surface area (Å²) in [7, 11) is -3.44. The molecule has 0 aliphatic rings. The van der Waals surface area contributed by atoms with Gasteiger partial charge < -0.3 is 0 Å². The molecule has 0 atom stereocenters. The summed E-state index contributed by atoms with van der Waals surface area (Å²) in [6.45, 7) is 5.53. The highest BCUT2D eigenvalue weighted by atomic mass is 35.5. The zero-order valence-corrected chi connectivity index (χ0v) is 11.9. The van der Waals surface area contributed by atoms with Crippen LogP contribution in [-0.2, 0) is 22.3 Å². The van der Waals surface area contributed by atoms with E-state index in [2.05, 4.69) is 4.72 Å². The highest BCUT2D eigenvalue weighted by Gasteiger charge is 2.19. The van der Waals surface area contributed by atoms with Crippen LogP contribution in [0.4, 0.5) is 0 Å². The van der Waals surface area contributed by atoms with Crippen LogP contribution in [0.25, 0.3) is 0 Å². The van der Waals surface area contributed by atoms with Crippen molar-refractivity contribution in [3.8, 4) is 0 Å². The van der Waals surface area contributed by atoms with Crippen LogP contribution in [0.5, 0.6) is 0 Å². The van der Waals surface area contributed by atoms with Crippen molar-refractivity contribution in [1.29, 1.82) is 0 Å². The maximum Gasteiger partial charge on any atom is 0.241 e. The van der Waals surface area contributed by atoms with E-state index < -0.39 is 10.0 Å². The maximum atomic E-state index is 12.1. The zero-order chi connectivity index (χ0) is 13.1. The lowest BCUT2D eigenvalue weighted by molar-refractivity contribution is 0.568. The van der Waals surface area contributed by atoms with Gasteiger partial charge in [-0.05, 0) is 37.5 Å². The molecule has 0 unspecified atom stereocenters. The van der Waals surface area contributed by atoms with E-state index in [1.165, 1.54) is 0 Å². The average Bonchev–Trinajstić information content (AvgIpc) is 2.26. The van der Waals surface area contributed by atoms with Crippen LogP contribution in [0.2, 0.25) is 0 Å². The van der Waals surface area contributed by atoms with E-state index in [0.29, 0.717) is 17.2 Å². The molecule has 96 valence electrons. The van der Waals surface area contributed by atoms with Gasteiger partial charge in [-0.25, -0.2) is 13.1 Å². The molecule has 0 saturated heterocycles. The van der Waals surface area contributed by atoms with Crippen molar-refractivity contribution in [1.82, 2.24) is 4.72 Å². The van der Waals surface area contributed by atoms with Gasteiger partial charge in [0.2, 0.25) is 10.0 Å². The van der Waals surface area contributed by atoms with Gasteiger partial charge in [0, 0.05) is 11.9 Å². The highest BCUT2D eigenvalue weighted by molar-refractivity contribution is 7.89. The molecule has 0 heterocycles. The van der Waals surface area contributed by atoms with E-state index in [1.54, 1.807) is 19.9 Å². The standard InChI is InChI=1S/C12H18ClNO2S/c1-4-11-6-5-10(8-13)7-12(11)17(15,16)14-9(2)3/h5-7,9,14H,4,8H2,1-3H3. The molecular formula is C12H18ClNO2S. The summed E-state index contributed by atoms with van der Waals surface area (Å²) in [5, 5.41) is 0. The minimum atomic E-state index is -3.44. The number of alkyl halides is 1. The summed E-state index contributed by atoms with van der Waals surface area (Å²) in [5.41, 5.74) is 1.63. The number of hydrogen-bond acceptors (Lipinski definition) is 2. The molecule has 1 aromatic rings. The van der Waals surface area contributed by atoms with Gasteiger partial charge in [0.05, 0.1) is 4.90 Å². The van der Waals surface area contributed by atoms with Crippen molar-refractivity contribution in [3.63, 3.8) is 0 Å². The third-order valence-corrected chi connectivity index (χ3v) is 4.40. The quantitative estimate of drug-likeness (QED) is 0.840. The van der Waals surface area contributed by atoms with E-state index in [1.807, 2.05) is 19.1 Å². The first kappa shape index (κ1) is 14.5. The molecule has 0 radical (unpaired) electrons. The Kier molecular flexibility index (Phi) is 4.98. The molecule has 0 bridgehead atoms. The average molecular weight is 276 g/mol. The number of nitrogens with one attached hydrogen (secondary N) is 1. The van der Waals surface area contributed by atoms with Gasteiger partial charge >= 0.3 is 0 Å². The van der Waals surface area contributed by atoms with Crippen molar-refractivity contribution in [3.05, 3.63) is 29.3 Å². The summed E-state index contributed by atoms with van der Waals surface area (Å²) < 4.78 is 26.9. The molecule has 3 nitrogen and oxygen atoms in total. The number of hydrogen-bond donors (Lipinski definition) is 1. The molecule has 0 aliphatic heterocycles. The molecule has 17 heavy (non-hydrogen) atoms. The number of aryl methyl sites for hydroxylation is 1. The number of sulfonamides is 1. The SMILES string of the molecule is CCc1ccc(CCl)cc1S(=O)(=O)NC(C)C. The van der Waals surface area contributed by atoms with Gasteiger partial charge in [-0.1, -0.05) is 19.1 Å². The van der Waals surface area contributed by atoms with Gasteiger partial charge in [-0.2, -0.15) is 0 Å². The molecule has 0 amide bonds. The van der Waals surface area contributed by atoms with Gasteiger partial charge in [0.15, 0.2) is 0 Å². The summed E-state index contributed by atoms with van der Waals surface area (Å²) >= 11 is 5.74. The fraction of sp³-hybridized carbons (Fsp3) is 0.500. The fourth-order valence-corrected chi connectivity index (χ4v) is 3.38. The topological polar surface area (TPSA) is 46.2 Å². The Bertz CT molecular complexity index is 483. The largest absolute Gasteiger partial charge is 0.241 e. The van der Waals surface area contributed by atoms with Crippen LogP contribution >= 0.6 is 11.6 Å². The van der Waals surface area contributed by atoms with Crippen LogP contribution in [-0.4, -0.2) is 14.5 Å². The molecule has 5 heteroatoms. The fourth-order valence-electron chi connectivity index (χ4n) is 1.60. The molecule has 0 spiro atoms. The van der Waals surface area contributed by atoms with Crippen LogP contribution in [0.1, 0.15) is 31.9 Å². The second-order valence-electron chi connectivity index (χ2n) is 4.21. The molecule has 1 aromatic carbocycles. The molecule has 0 aromatic heterocycles. The van der Waals surface area contributed by atoms with Crippen LogP contribution < -0.4 is 4.72 Å². The Labute approximate surface area is 108 Å². The third kappa shape index (κ3) is 3.69. The van der Waals surface area contributed by atoms with Crippen LogP contribution in [0, 0.1) is 0 Å². The number of rotatable bonds is 5. The van der Waals surface area contributed by atoms with Crippen molar-refractivity contribution >= 4 is 21.6 Å². The minimum Gasteiger partial charge on any atom is -0.209 e. The van der Waals surface area contributed by atoms with Gasteiger partial charge in [0.1, 0.15) is 0 Å². The van der Waals surface area contributed by atoms with E-state index in [9.17, 15) is 8.42 Å². The lowest BCUT2D eigenvalue weighted by Gasteiger charge is -2.13. The van der Waals surface area contributed by atoms with Gasteiger partial charge in [0.25, 0.3) is 0 Å². The second kappa shape index (κ2) is 5.85. The molecular weight excluding hydrogens is 258 g/mol. The second-order valence-corrected chi connectivity index (χ2v) is 6.15. The highest BCUT2D eigenvalue weighted by Crippen LogP contribution is 2.19. The van der Waals surface area contributed by atoms with E-state index in [-0.39, 0.29) is 6.04 Å². The zero-order valence-electron chi connectivity index (χ0n) is 10.3. The smallest absolute Gasteiger partial charge is 0.209 e. The lowest BCUT2D eigenvalue weighted by atomic mass is 10.1. The minimum absolute atomic E-state index is 0.121. The molecule has 0 aliphatic carbocycles. The predicted octanol–water partition coefficient (Wildman–Crippen LogP) is 2.67. The third-order valence-electron chi connectivity index (χ3n) is 2.35. The predicted molar refractivity (Wildman–Crippen MR) is 70.8 cm³/mol. The van der Waals surface area contributed by atoms with Crippen LogP contribution in [0.3, 0.4) is 0 Å². The summed E-state index contributed by atoms with van der Waals surface area (Å²) in [4.78, 5) is 0.340. The lowest BCUT2D eigenvalue weighted by Crippen LogP contribution is -2.31. The Morgan fingerprint density at radius 2 is 2.00 bits per heavy atom. The number of halogens is 1. The molecule has 0 fully saturated rings. The first-order chi connectivity index (χ1) is 7.90. The maximum absolute atomic E-state index is 12.1. The molecule has 1 N–H and O–H groups in total. The van der Waals surface area contributed by atoms with Crippen LogP contribution in [0.15, 0.2) is 23.1 Å². The summed E-state index contributed by atoms with van der Waals surface area (Å²) in [6.07, 6.45) is 0.677. The van der Waals surface area contributed by atoms with Crippen molar-refractivity contribution in [2.24, 2.45) is 0 Å². The van der Waals surface area contributed by atoms with Gasteiger partial charge in [-0.15, -0.1) is 11.6 Å². The van der Waals surface area contributed by atoms with Crippen molar-refractivity contribution < 1.29 is 8.42 Å². The Hall–Kier alpha value is -0.580. The van der Waals surface area contributed by atoms with E-state index >= 15 is 0 Å². The van der Waals surface area contributed by atoms with Crippen molar-refractivity contribution in [2.75, 3.05) is 0 Å². The van der Waals surface area contributed by atoms with Gasteiger partial charge in [-0.3, -0.25) is 0 Å². The Morgan fingerprint density at radius 1 is 1.35 bits per heavy atom. The van der Waals surface area contributed by atoms with E-state index in [4.69, 9.17) is 11.6 Å². The summed E-state index contributed by atoms with van der Waals surface area (Å²) in [5.74, 6) is 0.314. The van der Waals surface area contributed by atoms with Crippen molar-refractivity contribution in [2.45, 2.75) is 44.0 Å². The monoisotopic (exact) mass is 275 g/mol.